The normalized spacial score (nSPS) is 10.9. The van der Waals surface area contributed by atoms with Gasteiger partial charge in [0.05, 0.1) is 0 Å². The van der Waals surface area contributed by atoms with E-state index < -0.39 is 5.97 Å². The average Bonchev–Trinajstić information content (AvgIpc) is 2.41. The summed E-state index contributed by atoms with van der Waals surface area (Å²) < 4.78 is 1.43. The third-order valence-electron chi connectivity index (χ3n) is 2.07. The summed E-state index contributed by atoms with van der Waals surface area (Å²) in [6.07, 6.45) is 0. The van der Waals surface area contributed by atoms with E-state index in [9.17, 15) is 4.79 Å². The van der Waals surface area contributed by atoms with Crippen LogP contribution < -0.4 is 0 Å². The lowest BCUT2D eigenvalue weighted by atomic mass is 10.3. The molecule has 0 spiro atoms. The highest BCUT2D eigenvalue weighted by molar-refractivity contribution is 6.33. The van der Waals surface area contributed by atoms with Gasteiger partial charge in [-0.15, -0.1) is 0 Å². The van der Waals surface area contributed by atoms with Crippen LogP contribution in [0.3, 0.4) is 0 Å². The number of halogens is 1. The minimum absolute atomic E-state index is 0.0382. The zero-order chi connectivity index (χ0) is 11.2. The van der Waals surface area contributed by atoms with Crippen molar-refractivity contribution in [2.45, 2.75) is 13.8 Å². The molecule has 0 saturated heterocycles. The molecule has 5 nitrogen and oxygen atoms in total. The van der Waals surface area contributed by atoms with Gasteiger partial charge in [-0.2, -0.15) is 5.10 Å². The molecule has 0 amide bonds. The quantitative estimate of drug-likeness (QED) is 0.802. The number of aromatic carboxylic acids is 1. The lowest BCUT2D eigenvalue weighted by Crippen LogP contribution is -2.01. The van der Waals surface area contributed by atoms with E-state index in [1.165, 1.54) is 4.52 Å². The molecule has 15 heavy (non-hydrogen) atoms. The van der Waals surface area contributed by atoms with E-state index >= 15 is 0 Å². The topological polar surface area (TPSA) is 67.5 Å². The lowest BCUT2D eigenvalue weighted by molar-refractivity contribution is 0.0699. The molecule has 2 aromatic rings. The predicted molar refractivity (Wildman–Crippen MR) is 54.4 cm³/mol. The minimum Gasteiger partial charge on any atom is -0.477 e. The van der Waals surface area contributed by atoms with E-state index in [-0.39, 0.29) is 16.4 Å². The van der Waals surface area contributed by atoms with Crippen LogP contribution in [0.5, 0.6) is 0 Å². The first kappa shape index (κ1) is 9.92. The number of fused-ring (bicyclic) bond motifs is 1. The van der Waals surface area contributed by atoms with Gasteiger partial charge >= 0.3 is 5.97 Å². The molecule has 0 bridgehead atoms. The first-order chi connectivity index (χ1) is 7.00. The summed E-state index contributed by atoms with van der Waals surface area (Å²) in [7, 11) is 0. The minimum atomic E-state index is -1.12. The van der Waals surface area contributed by atoms with Crippen LogP contribution in [0.25, 0.3) is 5.65 Å². The fraction of sp³-hybridized carbons (Fsp3) is 0.222. The molecule has 0 aliphatic heterocycles. The van der Waals surface area contributed by atoms with Gasteiger partial charge in [-0.25, -0.2) is 14.3 Å². The van der Waals surface area contributed by atoms with Crippen LogP contribution in [0, 0.1) is 13.8 Å². The summed E-state index contributed by atoms with van der Waals surface area (Å²) in [6, 6.07) is 1.81. The fourth-order valence-corrected chi connectivity index (χ4v) is 1.72. The maximum Gasteiger partial charge on any atom is 0.342 e. The first-order valence-corrected chi connectivity index (χ1v) is 4.64. The summed E-state index contributed by atoms with van der Waals surface area (Å²) in [5, 5.41) is 12.8. The molecule has 2 heterocycles. The second-order valence-electron chi connectivity index (χ2n) is 3.25. The maximum atomic E-state index is 10.9. The van der Waals surface area contributed by atoms with Crippen molar-refractivity contribution in [1.82, 2.24) is 14.6 Å². The van der Waals surface area contributed by atoms with Crippen LogP contribution in [0.1, 0.15) is 21.7 Å². The molecule has 78 valence electrons. The average molecular weight is 226 g/mol. The molecule has 0 aromatic carbocycles. The number of hydrogen-bond acceptors (Lipinski definition) is 3. The summed E-state index contributed by atoms with van der Waals surface area (Å²) in [5.41, 5.74) is 1.76. The number of hydrogen-bond donors (Lipinski definition) is 1. The zero-order valence-electron chi connectivity index (χ0n) is 8.15. The molecule has 0 aliphatic rings. The first-order valence-electron chi connectivity index (χ1n) is 4.26. The summed E-state index contributed by atoms with van der Waals surface area (Å²) in [4.78, 5) is 15.1. The highest BCUT2D eigenvalue weighted by Gasteiger charge is 2.19. The zero-order valence-corrected chi connectivity index (χ0v) is 8.91. The molecule has 0 unspecified atom stereocenters. The SMILES string of the molecule is Cc1cc(C)n2nc(Cl)c(C(=O)O)c2n1. The Labute approximate surface area is 90.3 Å². The number of carboxylic acid groups (broad SMARTS) is 1. The van der Waals surface area contributed by atoms with Crippen molar-refractivity contribution >= 4 is 23.2 Å². The summed E-state index contributed by atoms with van der Waals surface area (Å²) in [6.45, 7) is 3.61. The van der Waals surface area contributed by atoms with Gasteiger partial charge in [0.15, 0.2) is 10.8 Å². The van der Waals surface area contributed by atoms with Crippen LogP contribution in [-0.2, 0) is 0 Å². The van der Waals surface area contributed by atoms with E-state index in [4.69, 9.17) is 16.7 Å². The molecular formula is C9H8ClN3O2. The second kappa shape index (κ2) is 3.20. The van der Waals surface area contributed by atoms with Gasteiger partial charge in [0, 0.05) is 11.4 Å². The van der Waals surface area contributed by atoms with E-state index in [1.54, 1.807) is 6.92 Å². The molecule has 0 atom stereocenters. The summed E-state index contributed by atoms with van der Waals surface area (Å²) in [5.74, 6) is -1.12. The molecule has 0 aliphatic carbocycles. The van der Waals surface area contributed by atoms with Crippen molar-refractivity contribution in [3.05, 3.63) is 28.2 Å². The van der Waals surface area contributed by atoms with Crippen LogP contribution in [0.15, 0.2) is 6.07 Å². The Morgan fingerprint density at radius 3 is 2.80 bits per heavy atom. The monoisotopic (exact) mass is 225 g/mol. The van der Waals surface area contributed by atoms with Gasteiger partial charge in [-0.05, 0) is 19.9 Å². The summed E-state index contributed by atoms with van der Waals surface area (Å²) >= 11 is 5.73. The Morgan fingerprint density at radius 2 is 2.20 bits per heavy atom. The Morgan fingerprint density at radius 1 is 1.53 bits per heavy atom. The van der Waals surface area contributed by atoms with Crippen molar-refractivity contribution in [3.8, 4) is 0 Å². The number of aryl methyl sites for hydroxylation is 2. The Kier molecular flexibility index (Phi) is 2.12. The molecule has 2 aromatic heterocycles. The van der Waals surface area contributed by atoms with Gasteiger partial charge in [-0.3, -0.25) is 0 Å². The van der Waals surface area contributed by atoms with Crippen LogP contribution in [-0.4, -0.2) is 25.7 Å². The lowest BCUT2D eigenvalue weighted by Gasteiger charge is -1.99. The Bertz CT molecular complexity index is 562. The van der Waals surface area contributed by atoms with E-state index in [0.29, 0.717) is 0 Å². The smallest absolute Gasteiger partial charge is 0.342 e. The molecular weight excluding hydrogens is 218 g/mol. The maximum absolute atomic E-state index is 10.9. The van der Waals surface area contributed by atoms with Crippen LogP contribution in [0.2, 0.25) is 5.15 Å². The van der Waals surface area contributed by atoms with E-state index in [0.717, 1.165) is 11.4 Å². The fourth-order valence-electron chi connectivity index (χ4n) is 1.48. The molecule has 2 rings (SSSR count). The Hall–Kier alpha value is -1.62. The van der Waals surface area contributed by atoms with Gasteiger partial charge in [0.25, 0.3) is 0 Å². The van der Waals surface area contributed by atoms with Crippen LogP contribution in [0.4, 0.5) is 0 Å². The van der Waals surface area contributed by atoms with Crippen molar-refractivity contribution in [1.29, 1.82) is 0 Å². The van der Waals surface area contributed by atoms with E-state index in [1.807, 2.05) is 13.0 Å². The largest absolute Gasteiger partial charge is 0.477 e. The van der Waals surface area contributed by atoms with Gasteiger partial charge in [0.2, 0.25) is 0 Å². The van der Waals surface area contributed by atoms with Crippen molar-refractivity contribution in [2.24, 2.45) is 0 Å². The molecule has 0 fully saturated rings. The van der Waals surface area contributed by atoms with Gasteiger partial charge in [0.1, 0.15) is 5.56 Å². The molecule has 0 saturated carbocycles. The van der Waals surface area contributed by atoms with Gasteiger partial charge < -0.3 is 5.11 Å². The number of rotatable bonds is 1. The molecule has 6 heteroatoms. The third-order valence-corrected chi connectivity index (χ3v) is 2.33. The standard InChI is InChI=1S/C9H8ClN3O2/c1-4-3-5(2)13-8(11-4)6(9(14)15)7(10)12-13/h3H,1-2H3,(H,14,15). The number of carboxylic acids is 1. The molecule has 1 N–H and O–H groups in total. The van der Waals surface area contributed by atoms with E-state index in [2.05, 4.69) is 10.1 Å². The van der Waals surface area contributed by atoms with Gasteiger partial charge in [-0.1, -0.05) is 11.6 Å². The number of nitrogens with zero attached hydrogens (tertiary/aromatic N) is 3. The molecule has 0 radical (unpaired) electrons. The van der Waals surface area contributed by atoms with Crippen molar-refractivity contribution in [2.75, 3.05) is 0 Å². The number of aromatic nitrogens is 3. The second-order valence-corrected chi connectivity index (χ2v) is 3.60. The van der Waals surface area contributed by atoms with Crippen LogP contribution >= 0.6 is 11.6 Å². The highest BCUT2D eigenvalue weighted by Crippen LogP contribution is 2.20. The third kappa shape index (κ3) is 1.45. The van der Waals surface area contributed by atoms with Crippen molar-refractivity contribution in [3.63, 3.8) is 0 Å². The van der Waals surface area contributed by atoms with Crippen molar-refractivity contribution < 1.29 is 9.90 Å². The Balaban J connectivity index is 2.93. The predicted octanol–water partition coefficient (Wildman–Crippen LogP) is 1.70. The highest BCUT2D eigenvalue weighted by atomic mass is 35.5. The number of carbonyl (C=O) groups is 1.